The van der Waals surface area contributed by atoms with Crippen molar-refractivity contribution in [3.63, 3.8) is 0 Å². The number of benzene rings is 1. The summed E-state index contributed by atoms with van der Waals surface area (Å²) in [5, 5.41) is 0. The van der Waals surface area contributed by atoms with Crippen molar-refractivity contribution in [1.29, 1.82) is 0 Å². The normalized spacial score (nSPS) is 17.8. The van der Waals surface area contributed by atoms with Crippen LogP contribution in [0.1, 0.15) is 5.56 Å². The standard InChI is InChI=1S/C11H15BrN2OS/c12-10-7-9(8-13)1-2-11(10)14-3-5-16(15)6-4-14/h1-2,7H,3-6,8,13H2. The molecule has 88 valence electrons. The van der Waals surface area contributed by atoms with Gasteiger partial charge in [-0.25, -0.2) is 0 Å². The average Bonchev–Trinajstić information content (AvgIpc) is 2.30. The van der Waals surface area contributed by atoms with Crippen molar-refractivity contribution in [2.75, 3.05) is 29.5 Å². The first kappa shape index (κ1) is 12.1. The molecule has 3 nitrogen and oxygen atoms in total. The molecule has 0 bridgehead atoms. The number of nitrogens with zero attached hydrogens (tertiary/aromatic N) is 1. The second kappa shape index (κ2) is 5.29. The van der Waals surface area contributed by atoms with Gasteiger partial charge in [-0.15, -0.1) is 0 Å². The SMILES string of the molecule is NCc1ccc(N2CCS(=O)CC2)c(Br)c1. The van der Waals surface area contributed by atoms with Gasteiger partial charge in [-0.2, -0.15) is 0 Å². The number of nitrogens with two attached hydrogens (primary N) is 1. The molecule has 16 heavy (non-hydrogen) atoms. The van der Waals surface area contributed by atoms with Gasteiger partial charge in [0, 0.05) is 46.4 Å². The van der Waals surface area contributed by atoms with Crippen LogP contribution in [-0.2, 0) is 17.3 Å². The van der Waals surface area contributed by atoms with Crippen molar-refractivity contribution in [3.8, 4) is 0 Å². The first-order valence-electron chi connectivity index (χ1n) is 5.29. The fraction of sp³-hybridized carbons (Fsp3) is 0.455. The summed E-state index contributed by atoms with van der Waals surface area (Å²) >= 11 is 3.57. The molecule has 5 heteroatoms. The van der Waals surface area contributed by atoms with Crippen LogP contribution in [0.3, 0.4) is 0 Å². The lowest BCUT2D eigenvalue weighted by Crippen LogP contribution is -2.37. The molecular formula is C11H15BrN2OS. The van der Waals surface area contributed by atoms with Crippen LogP contribution in [-0.4, -0.2) is 28.8 Å². The van der Waals surface area contributed by atoms with Gasteiger partial charge in [0.25, 0.3) is 0 Å². The van der Waals surface area contributed by atoms with Gasteiger partial charge in [0.05, 0.1) is 5.69 Å². The minimum Gasteiger partial charge on any atom is -0.369 e. The van der Waals surface area contributed by atoms with Crippen molar-refractivity contribution in [1.82, 2.24) is 0 Å². The maximum absolute atomic E-state index is 11.3. The van der Waals surface area contributed by atoms with E-state index in [1.165, 1.54) is 5.69 Å². The Morgan fingerprint density at radius 1 is 1.38 bits per heavy atom. The van der Waals surface area contributed by atoms with Crippen molar-refractivity contribution in [3.05, 3.63) is 28.2 Å². The zero-order valence-electron chi connectivity index (χ0n) is 8.99. The minimum absolute atomic E-state index is 0.558. The van der Waals surface area contributed by atoms with E-state index in [-0.39, 0.29) is 0 Å². The highest BCUT2D eigenvalue weighted by atomic mass is 79.9. The minimum atomic E-state index is -0.624. The molecule has 1 aliphatic rings. The van der Waals surface area contributed by atoms with Gasteiger partial charge in [-0.1, -0.05) is 6.07 Å². The van der Waals surface area contributed by atoms with E-state index >= 15 is 0 Å². The van der Waals surface area contributed by atoms with Crippen LogP contribution in [0.25, 0.3) is 0 Å². The third-order valence-electron chi connectivity index (χ3n) is 2.77. The molecule has 0 amide bonds. The van der Waals surface area contributed by atoms with E-state index in [1.54, 1.807) is 0 Å². The van der Waals surface area contributed by atoms with E-state index in [0.29, 0.717) is 6.54 Å². The Labute approximate surface area is 107 Å². The first-order valence-corrected chi connectivity index (χ1v) is 7.57. The summed E-state index contributed by atoms with van der Waals surface area (Å²) in [6, 6.07) is 6.19. The van der Waals surface area contributed by atoms with Gasteiger partial charge in [-0.3, -0.25) is 4.21 Å². The molecule has 1 heterocycles. The Hall–Kier alpha value is -0.390. The van der Waals surface area contributed by atoms with Gasteiger partial charge in [-0.05, 0) is 33.6 Å². The van der Waals surface area contributed by atoms with Gasteiger partial charge in [0.15, 0.2) is 0 Å². The van der Waals surface area contributed by atoms with Crippen LogP contribution in [0.15, 0.2) is 22.7 Å². The smallest absolute Gasteiger partial charge is 0.0511 e. The Kier molecular flexibility index (Phi) is 4.00. The number of hydrogen-bond donors (Lipinski definition) is 1. The highest BCUT2D eigenvalue weighted by Crippen LogP contribution is 2.28. The zero-order valence-corrected chi connectivity index (χ0v) is 11.4. The van der Waals surface area contributed by atoms with E-state index in [4.69, 9.17) is 5.73 Å². The van der Waals surface area contributed by atoms with E-state index < -0.39 is 10.8 Å². The van der Waals surface area contributed by atoms with Crippen LogP contribution in [0.4, 0.5) is 5.69 Å². The Morgan fingerprint density at radius 2 is 2.06 bits per heavy atom. The van der Waals surface area contributed by atoms with Crippen LogP contribution >= 0.6 is 15.9 Å². The van der Waals surface area contributed by atoms with Crippen molar-refractivity contribution in [2.24, 2.45) is 5.73 Å². The molecule has 2 rings (SSSR count). The van der Waals surface area contributed by atoms with E-state index in [0.717, 1.165) is 34.6 Å². The molecular weight excluding hydrogens is 288 g/mol. The summed E-state index contributed by atoms with van der Waals surface area (Å²) in [7, 11) is -0.624. The number of halogens is 1. The number of anilines is 1. The average molecular weight is 303 g/mol. The molecule has 1 aromatic rings. The summed E-state index contributed by atoms with van der Waals surface area (Å²) in [6.45, 7) is 2.29. The maximum Gasteiger partial charge on any atom is 0.0511 e. The van der Waals surface area contributed by atoms with E-state index in [9.17, 15) is 4.21 Å². The topological polar surface area (TPSA) is 46.3 Å². The third kappa shape index (κ3) is 2.64. The second-order valence-electron chi connectivity index (χ2n) is 3.83. The first-order chi connectivity index (χ1) is 7.70. The lowest BCUT2D eigenvalue weighted by atomic mass is 10.2. The molecule has 0 atom stereocenters. The molecule has 0 aromatic heterocycles. The molecule has 0 radical (unpaired) electrons. The fourth-order valence-electron chi connectivity index (χ4n) is 1.81. The quantitative estimate of drug-likeness (QED) is 0.900. The Morgan fingerprint density at radius 3 is 2.62 bits per heavy atom. The molecule has 1 aliphatic heterocycles. The van der Waals surface area contributed by atoms with Gasteiger partial charge in [0.2, 0.25) is 0 Å². The maximum atomic E-state index is 11.3. The molecule has 1 saturated heterocycles. The summed E-state index contributed by atoms with van der Waals surface area (Å²) in [6.07, 6.45) is 0. The van der Waals surface area contributed by atoms with Crippen LogP contribution in [0.2, 0.25) is 0 Å². The monoisotopic (exact) mass is 302 g/mol. The summed E-state index contributed by atoms with van der Waals surface area (Å²) in [5.74, 6) is 1.54. The molecule has 0 spiro atoms. The second-order valence-corrected chi connectivity index (χ2v) is 6.38. The summed E-state index contributed by atoms with van der Waals surface area (Å²) in [5.41, 5.74) is 7.89. The Balaban J connectivity index is 2.17. The summed E-state index contributed by atoms with van der Waals surface area (Å²) in [4.78, 5) is 2.27. The fourth-order valence-corrected chi connectivity index (χ4v) is 3.54. The van der Waals surface area contributed by atoms with E-state index in [1.807, 2.05) is 6.07 Å². The van der Waals surface area contributed by atoms with E-state index in [2.05, 4.69) is 33.0 Å². The van der Waals surface area contributed by atoms with Crippen LogP contribution in [0.5, 0.6) is 0 Å². The molecule has 1 aromatic carbocycles. The van der Waals surface area contributed by atoms with Gasteiger partial charge >= 0.3 is 0 Å². The lowest BCUT2D eigenvalue weighted by Gasteiger charge is -2.29. The molecule has 0 unspecified atom stereocenters. The number of rotatable bonds is 2. The molecule has 1 fully saturated rings. The molecule has 0 saturated carbocycles. The summed E-state index contributed by atoms with van der Waals surface area (Å²) < 4.78 is 12.4. The highest BCUT2D eigenvalue weighted by molar-refractivity contribution is 9.10. The number of hydrogen-bond acceptors (Lipinski definition) is 3. The van der Waals surface area contributed by atoms with Crippen molar-refractivity contribution < 1.29 is 4.21 Å². The lowest BCUT2D eigenvalue weighted by molar-refractivity contribution is 0.673. The molecule has 0 aliphatic carbocycles. The third-order valence-corrected chi connectivity index (χ3v) is 4.68. The van der Waals surface area contributed by atoms with Gasteiger partial charge in [0.1, 0.15) is 0 Å². The van der Waals surface area contributed by atoms with Crippen molar-refractivity contribution in [2.45, 2.75) is 6.54 Å². The predicted octanol–water partition coefficient (Wildman–Crippen LogP) is 1.48. The largest absolute Gasteiger partial charge is 0.369 e. The van der Waals surface area contributed by atoms with Crippen LogP contribution in [0, 0.1) is 0 Å². The van der Waals surface area contributed by atoms with Gasteiger partial charge < -0.3 is 10.6 Å². The molecule has 2 N–H and O–H groups in total. The van der Waals surface area contributed by atoms with Crippen molar-refractivity contribution >= 4 is 32.4 Å². The zero-order chi connectivity index (χ0) is 11.5. The predicted molar refractivity (Wildman–Crippen MR) is 72.1 cm³/mol. The Bertz CT molecular complexity index is 401. The van der Waals surface area contributed by atoms with Crippen LogP contribution < -0.4 is 10.6 Å². The highest BCUT2D eigenvalue weighted by Gasteiger charge is 2.17.